The fraction of sp³-hybridized carbons (Fsp3) is 0.524. The van der Waals surface area contributed by atoms with Gasteiger partial charge in [-0.2, -0.15) is 0 Å². The number of ether oxygens (including phenoxy) is 1. The Morgan fingerprint density at radius 1 is 1.07 bits per heavy atom. The molecule has 0 N–H and O–H groups in total. The van der Waals surface area contributed by atoms with E-state index in [9.17, 15) is 9.59 Å². The predicted molar refractivity (Wildman–Crippen MR) is 105 cm³/mol. The summed E-state index contributed by atoms with van der Waals surface area (Å²) in [4.78, 5) is 29.4. The monoisotopic (exact) mass is 369 g/mol. The molecule has 144 valence electrons. The first kappa shape index (κ1) is 18.2. The van der Waals surface area contributed by atoms with Crippen LogP contribution in [0.15, 0.2) is 41.3 Å². The zero-order valence-corrected chi connectivity index (χ0v) is 15.7. The Kier molecular flexibility index (Phi) is 5.55. The van der Waals surface area contributed by atoms with Crippen molar-refractivity contribution in [2.45, 2.75) is 31.9 Å². The number of carbonyl (C=O) groups excluding carboxylic acids is 1. The van der Waals surface area contributed by atoms with E-state index < -0.39 is 0 Å². The summed E-state index contributed by atoms with van der Waals surface area (Å²) >= 11 is 0. The number of amides is 1. The maximum absolute atomic E-state index is 13.0. The Bertz CT molecular complexity index is 857. The molecule has 0 spiro atoms. The second kappa shape index (κ2) is 8.23. The Hall–Kier alpha value is -2.18. The van der Waals surface area contributed by atoms with E-state index in [-0.39, 0.29) is 24.0 Å². The molecule has 6 heteroatoms. The topological polar surface area (TPSA) is 54.8 Å². The maximum atomic E-state index is 13.0. The third-order valence-corrected chi connectivity index (χ3v) is 5.55. The second-order valence-electron chi connectivity index (χ2n) is 7.52. The molecular formula is C21H27N3O3. The molecule has 2 aliphatic heterocycles. The first-order valence-corrected chi connectivity index (χ1v) is 9.90. The summed E-state index contributed by atoms with van der Waals surface area (Å²) in [7, 11) is 0. The Balaban J connectivity index is 1.47. The van der Waals surface area contributed by atoms with Crippen LogP contribution in [0.5, 0.6) is 0 Å². The van der Waals surface area contributed by atoms with Crippen LogP contribution in [0.3, 0.4) is 0 Å². The lowest BCUT2D eigenvalue weighted by molar-refractivity contribution is -0.132. The van der Waals surface area contributed by atoms with Gasteiger partial charge in [-0.3, -0.25) is 9.59 Å². The highest BCUT2D eigenvalue weighted by Gasteiger charge is 2.25. The first-order chi connectivity index (χ1) is 13.2. The lowest BCUT2D eigenvalue weighted by Gasteiger charge is -2.27. The van der Waals surface area contributed by atoms with Crippen molar-refractivity contribution >= 4 is 16.8 Å². The van der Waals surface area contributed by atoms with Crippen molar-refractivity contribution in [2.75, 3.05) is 39.3 Å². The fourth-order valence-corrected chi connectivity index (χ4v) is 4.13. The van der Waals surface area contributed by atoms with Crippen LogP contribution in [0.25, 0.3) is 10.9 Å². The summed E-state index contributed by atoms with van der Waals surface area (Å²) in [5, 5.41) is 0.652. The molecule has 2 saturated heterocycles. The lowest BCUT2D eigenvalue weighted by atomic mass is 10.2. The molecule has 2 fully saturated rings. The molecule has 1 unspecified atom stereocenters. The van der Waals surface area contributed by atoms with Gasteiger partial charge in [-0.1, -0.05) is 12.1 Å². The lowest BCUT2D eigenvalue weighted by Crippen LogP contribution is -2.43. The van der Waals surface area contributed by atoms with E-state index in [4.69, 9.17) is 4.74 Å². The van der Waals surface area contributed by atoms with Crippen molar-refractivity contribution in [1.29, 1.82) is 0 Å². The van der Waals surface area contributed by atoms with Gasteiger partial charge in [0.15, 0.2) is 5.43 Å². The van der Waals surface area contributed by atoms with Gasteiger partial charge >= 0.3 is 0 Å². The van der Waals surface area contributed by atoms with Crippen LogP contribution in [-0.4, -0.2) is 65.7 Å². The molecule has 0 aliphatic carbocycles. The number of benzene rings is 1. The molecule has 0 radical (unpaired) electrons. The van der Waals surface area contributed by atoms with E-state index in [2.05, 4.69) is 4.90 Å². The van der Waals surface area contributed by atoms with Gasteiger partial charge < -0.3 is 19.1 Å². The van der Waals surface area contributed by atoms with E-state index in [1.165, 1.54) is 18.9 Å². The molecule has 1 aromatic carbocycles. The number of para-hydroxylation sites is 1. The van der Waals surface area contributed by atoms with Crippen molar-refractivity contribution in [3.63, 3.8) is 0 Å². The highest BCUT2D eigenvalue weighted by Crippen LogP contribution is 2.14. The summed E-state index contributed by atoms with van der Waals surface area (Å²) < 4.78 is 7.87. The van der Waals surface area contributed by atoms with E-state index in [1.54, 1.807) is 6.20 Å². The third kappa shape index (κ3) is 4.22. The van der Waals surface area contributed by atoms with Gasteiger partial charge in [0.05, 0.1) is 11.6 Å². The summed E-state index contributed by atoms with van der Waals surface area (Å²) in [6.45, 7) is 5.51. The van der Waals surface area contributed by atoms with Crippen LogP contribution in [0, 0.1) is 0 Å². The van der Waals surface area contributed by atoms with Crippen LogP contribution in [0.4, 0.5) is 0 Å². The van der Waals surface area contributed by atoms with E-state index >= 15 is 0 Å². The summed E-state index contributed by atoms with van der Waals surface area (Å²) in [5.41, 5.74) is 0.793. The van der Waals surface area contributed by atoms with Crippen molar-refractivity contribution < 1.29 is 9.53 Å². The SMILES string of the molecule is O=C(Cn1ccc(=O)c2ccccc21)N1CCCOC(CN2CCCC2)C1. The van der Waals surface area contributed by atoms with E-state index in [0.29, 0.717) is 18.5 Å². The molecule has 4 rings (SSSR count). The highest BCUT2D eigenvalue weighted by molar-refractivity contribution is 5.82. The van der Waals surface area contributed by atoms with Gasteiger partial charge in [0.2, 0.25) is 5.91 Å². The zero-order valence-electron chi connectivity index (χ0n) is 15.7. The molecular weight excluding hydrogens is 342 g/mol. The standard InChI is InChI=1S/C21H27N3O3/c25-20-8-12-23(19-7-2-1-6-18(19)20)16-21(26)24-11-5-13-27-17(15-24)14-22-9-3-4-10-22/h1-2,6-8,12,17H,3-5,9-11,13-16H2. The van der Waals surface area contributed by atoms with E-state index in [1.807, 2.05) is 33.7 Å². The van der Waals surface area contributed by atoms with Gasteiger partial charge in [-0.25, -0.2) is 0 Å². The normalized spacial score (nSPS) is 21.5. The van der Waals surface area contributed by atoms with Crippen LogP contribution in [-0.2, 0) is 16.1 Å². The minimum atomic E-state index is -0.0110. The molecule has 2 aromatic rings. The van der Waals surface area contributed by atoms with Gasteiger partial charge in [-0.05, 0) is 44.5 Å². The number of rotatable bonds is 4. The minimum Gasteiger partial charge on any atom is -0.375 e. The molecule has 3 heterocycles. The Morgan fingerprint density at radius 2 is 1.89 bits per heavy atom. The molecule has 2 aliphatic rings. The number of pyridine rings is 1. The Morgan fingerprint density at radius 3 is 2.74 bits per heavy atom. The molecule has 1 amide bonds. The van der Waals surface area contributed by atoms with Crippen LogP contribution >= 0.6 is 0 Å². The number of nitrogens with zero attached hydrogens (tertiary/aromatic N) is 3. The fourth-order valence-electron chi connectivity index (χ4n) is 4.13. The van der Waals surface area contributed by atoms with Crippen LogP contribution in [0.2, 0.25) is 0 Å². The Labute approximate surface area is 159 Å². The van der Waals surface area contributed by atoms with Crippen LogP contribution < -0.4 is 5.43 Å². The number of hydrogen-bond acceptors (Lipinski definition) is 4. The molecule has 1 aromatic heterocycles. The van der Waals surface area contributed by atoms with Gasteiger partial charge in [0.25, 0.3) is 0 Å². The number of fused-ring (bicyclic) bond motifs is 1. The number of likely N-dealkylation sites (tertiary alicyclic amines) is 1. The number of carbonyl (C=O) groups is 1. The first-order valence-electron chi connectivity index (χ1n) is 9.90. The predicted octanol–water partition coefficient (Wildman–Crippen LogP) is 1.71. The van der Waals surface area contributed by atoms with Crippen molar-refractivity contribution in [2.24, 2.45) is 0 Å². The van der Waals surface area contributed by atoms with Crippen molar-refractivity contribution in [3.8, 4) is 0 Å². The quantitative estimate of drug-likeness (QED) is 0.823. The number of aromatic nitrogens is 1. The zero-order chi connectivity index (χ0) is 18.6. The molecule has 0 bridgehead atoms. The van der Waals surface area contributed by atoms with Crippen molar-refractivity contribution in [1.82, 2.24) is 14.4 Å². The minimum absolute atomic E-state index is 0.0110. The van der Waals surface area contributed by atoms with Gasteiger partial charge in [0, 0.05) is 43.9 Å². The molecule has 6 nitrogen and oxygen atoms in total. The molecule has 1 atom stereocenters. The average Bonchev–Trinajstić information content (AvgIpc) is 3.08. The van der Waals surface area contributed by atoms with Gasteiger partial charge in [0.1, 0.15) is 6.54 Å². The van der Waals surface area contributed by atoms with Crippen LogP contribution in [0.1, 0.15) is 19.3 Å². The van der Waals surface area contributed by atoms with Crippen molar-refractivity contribution in [3.05, 3.63) is 46.8 Å². The molecule has 27 heavy (non-hydrogen) atoms. The maximum Gasteiger partial charge on any atom is 0.242 e. The largest absolute Gasteiger partial charge is 0.375 e. The molecule has 0 saturated carbocycles. The summed E-state index contributed by atoms with van der Waals surface area (Å²) in [6.07, 6.45) is 5.19. The summed E-state index contributed by atoms with van der Waals surface area (Å²) in [6, 6.07) is 8.99. The van der Waals surface area contributed by atoms with E-state index in [0.717, 1.165) is 38.1 Å². The summed E-state index contributed by atoms with van der Waals surface area (Å²) in [5.74, 6) is 0.0840. The van der Waals surface area contributed by atoms with Gasteiger partial charge in [-0.15, -0.1) is 0 Å². The second-order valence-corrected chi connectivity index (χ2v) is 7.52. The third-order valence-electron chi connectivity index (χ3n) is 5.55. The average molecular weight is 369 g/mol. The smallest absolute Gasteiger partial charge is 0.242 e. The highest BCUT2D eigenvalue weighted by atomic mass is 16.5. The number of hydrogen-bond donors (Lipinski definition) is 0.